The minimum absolute atomic E-state index is 0.0774. The Bertz CT molecular complexity index is 1180. The summed E-state index contributed by atoms with van der Waals surface area (Å²) in [5.41, 5.74) is 2.03. The highest BCUT2D eigenvalue weighted by Gasteiger charge is 2.23. The monoisotopic (exact) mass is 439 g/mol. The first-order chi connectivity index (χ1) is 16.1. The third-order valence-electron chi connectivity index (χ3n) is 4.73. The molecule has 0 unspecified atom stereocenters. The van der Waals surface area contributed by atoms with Gasteiger partial charge in [-0.15, -0.1) is 0 Å². The maximum absolute atomic E-state index is 12.7. The van der Waals surface area contributed by atoms with E-state index in [0.717, 1.165) is 5.56 Å². The van der Waals surface area contributed by atoms with Crippen molar-refractivity contribution in [2.75, 3.05) is 6.61 Å². The zero-order chi connectivity index (χ0) is 23.5. The van der Waals surface area contributed by atoms with E-state index in [9.17, 15) is 9.59 Å². The topological polar surface area (TPSA) is 112 Å². The van der Waals surface area contributed by atoms with Crippen LogP contribution in [0.1, 0.15) is 33.5 Å². The summed E-state index contributed by atoms with van der Waals surface area (Å²) in [6.07, 6.45) is 0.159. The number of carbonyl (C=O) groups is 2. The van der Waals surface area contributed by atoms with Gasteiger partial charge in [0.2, 0.25) is 0 Å². The van der Waals surface area contributed by atoms with Crippen LogP contribution in [0.25, 0.3) is 0 Å². The van der Waals surface area contributed by atoms with Crippen LogP contribution in [0.15, 0.2) is 78.9 Å². The summed E-state index contributed by atoms with van der Waals surface area (Å²) in [7, 11) is 0. The van der Waals surface area contributed by atoms with Crippen LogP contribution in [0, 0.1) is 22.7 Å². The molecule has 0 aliphatic rings. The molecular weight excluding hydrogens is 418 g/mol. The van der Waals surface area contributed by atoms with Gasteiger partial charge in [-0.05, 0) is 48.0 Å². The van der Waals surface area contributed by atoms with Gasteiger partial charge in [0.15, 0.2) is 0 Å². The van der Waals surface area contributed by atoms with E-state index in [1.807, 2.05) is 42.5 Å². The maximum atomic E-state index is 12.7. The van der Waals surface area contributed by atoms with Crippen molar-refractivity contribution in [1.82, 2.24) is 5.32 Å². The highest BCUT2D eigenvalue weighted by atomic mass is 16.5. The first-order valence-electron chi connectivity index (χ1n) is 10.2. The molecule has 0 saturated carbocycles. The quantitative estimate of drug-likeness (QED) is 0.508. The number of rotatable bonds is 9. The number of amides is 1. The van der Waals surface area contributed by atoms with E-state index in [1.165, 1.54) is 24.3 Å². The van der Waals surface area contributed by atoms with Gasteiger partial charge < -0.3 is 14.8 Å². The predicted molar refractivity (Wildman–Crippen MR) is 120 cm³/mol. The van der Waals surface area contributed by atoms with Crippen molar-refractivity contribution in [3.63, 3.8) is 0 Å². The smallest absolute Gasteiger partial charge is 0.329 e. The number of ether oxygens (including phenoxy) is 2. The van der Waals surface area contributed by atoms with Gasteiger partial charge in [0, 0.05) is 12.0 Å². The fourth-order valence-electron chi connectivity index (χ4n) is 2.97. The van der Waals surface area contributed by atoms with E-state index in [0.29, 0.717) is 22.4 Å². The molecule has 33 heavy (non-hydrogen) atoms. The van der Waals surface area contributed by atoms with Crippen LogP contribution in [-0.2, 0) is 16.1 Å². The third-order valence-corrected chi connectivity index (χ3v) is 4.73. The van der Waals surface area contributed by atoms with E-state index in [4.69, 9.17) is 20.0 Å². The molecule has 0 radical (unpaired) electrons. The number of nitriles is 2. The molecular formula is C26H21N3O4. The highest BCUT2D eigenvalue weighted by molar-refractivity contribution is 5.96. The lowest BCUT2D eigenvalue weighted by Gasteiger charge is -2.18. The molecule has 3 rings (SSSR count). The van der Waals surface area contributed by atoms with Gasteiger partial charge in [-0.25, -0.2) is 4.79 Å². The van der Waals surface area contributed by atoms with Gasteiger partial charge in [0.05, 0.1) is 29.9 Å². The molecule has 0 saturated heterocycles. The molecule has 0 spiro atoms. The lowest BCUT2D eigenvalue weighted by molar-refractivity contribution is -0.147. The first kappa shape index (κ1) is 23.1. The van der Waals surface area contributed by atoms with Gasteiger partial charge in [0.25, 0.3) is 5.91 Å². The van der Waals surface area contributed by atoms with E-state index in [1.54, 1.807) is 24.3 Å². The molecule has 0 fully saturated rings. The fraction of sp³-hybridized carbons (Fsp3) is 0.154. The van der Waals surface area contributed by atoms with Crippen molar-refractivity contribution in [2.45, 2.75) is 19.1 Å². The van der Waals surface area contributed by atoms with Crippen molar-refractivity contribution < 1.29 is 19.1 Å². The Kier molecular flexibility index (Phi) is 8.16. The molecule has 164 valence electrons. The van der Waals surface area contributed by atoms with E-state index < -0.39 is 17.9 Å². The number of esters is 1. The summed E-state index contributed by atoms with van der Waals surface area (Å²) < 4.78 is 11.1. The molecule has 0 heterocycles. The van der Waals surface area contributed by atoms with Crippen molar-refractivity contribution in [2.24, 2.45) is 0 Å². The lowest BCUT2D eigenvalue weighted by Crippen LogP contribution is -2.42. The van der Waals surface area contributed by atoms with Crippen LogP contribution < -0.4 is 10.1 Å². The molecule has 0 bridgehead atoms. The second-order valence-electron chi connectivity index (χ2n) is 7.09. The number of benzene rings is 3. The lowest BCUT2D eigenvalue weighted by atomic mass is 10.1. The Morgan fingerprint density at radius 1 is 0.879 bits per heavy atom. The molecule has 0 aliphatic heterocycles. The summed E-state index contributed by atoms with van der Waals surface area (Å²) >= 11 is 0. The van der Waals surface area contributed by atoms with Crippen molar-refractivity contribution in [3.8, 4) is 17.9 Å². The number of carbonyl (C=O) groups excluding carboxylic acids is 2. The average Bonchev–Trinajstić information content (AvgIpc) is 2.87. The van der Waals surface area contributed by atoms with Gasteiger partial charge in [-0.1, -0.05) is 36.4 Å². The van der Waals surface area contributed by atoms with Crippen molar-refractivity contribution in [1.29, 1.82) is 10.5 Å². The summed E-state index contributed by atoms with van der Waals surface area (Å²) in [5.74, 6) is -0.563. The molecule has 1 N–H and O–H groups in total. The highest BCUT2D eigenvalue weighted by Crippen LogP contribution is 2.14. The van der Waals surface area contributed by atoms with Gasteiger partial charge >= 0.3 is 5.97 Å². The standard InChI is InChI=1S/C26H21N3O4/c27-16-19-9-11-22(12-10-19)25(30)29-24(26(31)33-18-20-5-2-1-3-6-20)13-14-32-23-8-4-7-21(15-23)17-28/h1-12,15,24H,13-14,18H2,(H,29,30)/t24-/m0/s1. The Morgan fingerprint density at radius 2 is 1.61 bits per heavy atom. The predicted octanol–water partition coefficient (Wildman–Crippen LogP) is 3.74. The first-order valence-corrected chi connectivity index (χ1v) is 10.2. The molecule has 0 aliphatic carbocycles. The zero-order valence-corrected chi connectivity index (χ0v) is 17.7. The number of nitrogens with one attached hydrogen (secondary N) is 1. The van der Waals surface area contributed by atoms with Crippen LogP contribution in [0.2, 0.25) is 0 Å². The van der Waals surface area contributed by atoms with Crippen LogP contribution in [0.5, 0.6) is 5.75 Å². The Labute approximate surface area is 191 Å². The fourth-order valence-corrected chi connectivity index (χ4v) is 2.97. The summed E-state index contributed by atoms with van der Waals surface area (Å²) in [4.78, 5) is 25.4. The van der Waals surface area contributed by atoms with E-state index in [-0.39, 0.29) is 19.6 Å². The molecule has 7 heteroatoms. The average molecular weight is 439 g/mol. The summed E-state index contributed by atoms with van der Waals surface area (Å²) in [5, 5.41) is 20.6. The Morgan fingerprint density at radius 3 is 2.30 bits per heavy atom. The van der Waals surface area contributed by atoms with E-state index >= 15 is 0 Å². The van der Waals surface area contributed by atoms with Gasteiger partial charge in [-0.3, -0.25) is 4.79 Å². The maximum Gasteiger partial charge on any atom is 0.329 e. The van der Waals surface area contributed by atoms with Gasteiger partial charge in [-0.2, -0.15) is 10.5 Å². The minimum Gasteiger partial charge on any atom is -0.493 e. The second-order valence-corrected chi connectivity index (χ2v) is 7.09. The van der Waals surface area contributed by atoms with Crippen LogP contribution in [0.3, 0.4) is 0 Å². The summed E-state index contributed by atoms with van der Waals surface area (Å²) in [6, 6.07) is 25.1. The molecule has 0 aromatic heterocycles. The molecule has 7 nitrogen and oxygen atoms in total. The van der Waals surface area contributed by atoms with E-state index in [2.05, 4.69) is 5.32 Å². The van der Waals surface area contributed by atoms with Gasteiger partial charge in [0.1, 0.15) is 18.4 Å². The van der Waals surface area contributed by atoms with Crippen LogP contribution in [0.4, 0.5) is 0 Å². The Balaban J connectivity index is 1.65. The van der Waals surface area contributed by atoms with Crippen molar-refractivity contribution in [3.05, 3.63) is 101 Å². The Hall–Kier alpha value is -4.62. The molecule has 1 amide bonds. The SMILES string of the molecule is N#Cc1ccc(C(=O)N[C@@H](CCOc2cccc(C#N)c2)C(=O)OCc2ccccc2)cc1. The second kappa shape index (κ2) is 11.7. The normalized spacial score (nSPS) is 10.8. The van der Waals surface area contributed by atoms with Crippen LogP contribution in [-0.4, -0.2) is 24.5 Å². The number of nitrogens with zero attached hydrogens (tertiary/aromatic N) is 2. The zero-order valence-electron chi connectivity index (χ0n) is 17.7. The molecule has 1 atom stereocenters. The van der Waals surface area contributed by atoms with Crippen molar-refractivity contribution >= 4 is 11.9 Å². The number of hydrogen-bond acceptors (Lipinski definition) is 6. The molecule has 3 aromatic rings. The summed E-state index contributed by atoms with van der Waals surface area (Å²) in [6.45, 7) is 0.196. The third kappa shape index (κ3) is 6.95. The molecule has 3 aromatic carbocycles. The van der Waals surface area contributed by atoms with Crippen LogP contribution >= 0.6 is 0 Å². The minimum atomic E-state index is -0.948. The largest absolute Gasteiger partial charge is 0.493 e. The number of hydrogen-bond donors (Lipinski definition) is 1.